The van der Waals surface area contributed by atoms with Crippen molar-refractivity contribution in [3.63, 3.8) is 0 Å². The lowest BCUT2D eigenvalue weighted by molar-refractivity contribution is -0.139. The molecule has 12 nitrogen and oxygen atoms in total. The van der Waals surface area contributed by atoms with Crippen LogP contribution in [0.5, 0.6) is 11.5 Å². The number of carboxylic acids is 1. The first kappa shape index (κ1) is 37.5. The zero-order chi connectivity index (χ0) is 32.4. The van der Waals surface area contributed by atoms with E-state index in [0.717, 1.165) is 25.7 Å². The van der Waals surface area contributed by atoms with Crippen LogP contribution in [0.4, 0.5) is 14.4 Å². The number of carbonyl (C=O) groups is 4. The highest BCUT2D eigenvalue weighted by Gasteiger charge is 2.36. The van der Waals surface area contributed by atoms with Gasteiger partial charge in [0.1, 0.15) is 12.1 Å². The summed E-state index contributed by atoms with van der Waals surface area (Å²) < 4.78 is 31.5. The maximum Gasteiger partial charge on any atom is 0.513 e. The summed E-state index contributed by atoms with van der Waals surface area (Å²) in [6, 6.07) is 2.77. The first-order valence-corrected chi connectivity index (χ1v) is 15.1. The molecule has 0 aliphatic heterocycles. The second kappa shape index (κ2) is 20.4. The number of carbonyl (C=O) groups excluding carboxylic acids is 3. The van der Waals surface area contributed by atoms with Gasteiger partial charge in [0.05, 0.1) is 19.8 Å². The van der Waals surface area contributed by atoms with Gasteiger partial charge in [-0.2, -0.15) is 0 Å². The number of hydrogen-bond acceptors (Lipinski definition) is 11. The molecule has 0 spiro atoms. The van der Waals surface area contributed by atoms with Crippen molar-refractivity contribution in [2.24, 2.45) is 17.6 Å². The van der Waals surface area contributed by atoms with Crippen molar-refractivity contribution < 1.29 is 52.7 Å². The second-order valence-corrected chi connectivity index (χ2v) is 10.9. The van der Waals surface area contributed by atoms with E-state index < -0.39 is 48.4 Å². The van der Waals surface area contributed by atoms with Crippen LogP contribution < -0.4 is 15.2 Å². The molecule has 1 aromatic carbocycles. The summed E-state index contributed by atoms with van der Waals surface area (Å²) in [7, 11) is 0. The van der Waals surface area contributed by atoms with Crippen LogP contribution in [0.15, 0.2) is 18.2 Å². The quantitative estimate of drug-likeness (QED) is 0.0725. The molecule has 0 aliphatic rings. The minimum atomic E-state index is -1.43. The van der Waals surface area contributed by atoms with E-state index in [0.29, 0.717) is 30.7 Å². The Hall–Kier alpha value is -3.54. The molecule has 0 heterocycles. The van der Waals surface area contributed by atoms with E-state index in [1.54, 1.807) is 13.8 Å². The summed E-state index contributed by atoms with van der Waals surface area (Å²) in [5.41, 5.74) is 6.45. The molecule has 1 rings (SSSR count). The molecular formula is C31H49NO11. The van der Waals surface area contributed by atoms with Gasteiger partial charge in [-0.3, -0.25) is 4.79 Å². The number of carboxylic acid groups (broad SMARTS) is 1. The lowest BCUT2D eigenvalue weighted by Gasteiger charge is -2.31. The maximum atomic E-state index is 12.5. The molecule has 0 saturated carbocycles. The third-order valence-electron chi connectivity index (χ3n) is 6.85. The Morgan fingerprint density at radius 2 is 1.30 bits per heavy atom. The Bertz CT molecular complexity index is 1010. The molecule has 0 radical (unpaired) electrons. The molecular weight excluding hydrogens is 562 g/mol. The number of benzene rings is 1. The highest BCUT2D eigenvalue weighted by molar-refractivity contribution is 5.75. The van der Waals surface area contributed by atoms with Gasteiger partial charge in [-0.25, -0.2) is 14.4 Å². The summed E-state index contributed by atoms with van der Waals surface area (Å²) >= 11 is 0. The Labute approximate surface area is 254 Å². The van der Waals surface area contributed by atoms with Gasteiger partial charge in [0.2, 0.25) is 0 Å². The minimum absolute atomic E-state index is 0.133. The van der Waals surface area contributed by atoms with Crippen molar-refractivity contribution in [1.29, 1.82) is 0 Å². The highest BCUT2D eigenvalue weighted by Crippen LogP contribution is 2.37. The maximum absolute atomic E-state index is 12.5. The molecule has 1 aromatic rings. The summed E-state index contributed by atoms with van der Waals surface area (Å²) in [5.74, 6) is -2.84. The van der Waals surface area contributed by atoms with Gasteiger partial charge >= 0.3 is 24.4 Å². The topological polar surface area (TPSA) is 170 Å². The van der Waals surface area contributed by atoms with E-state index in [1.807, 2.05) is 27.7 Å². The minimum Gasteiger partial charge on any atom is -0.480 e. The molecule has 43 heavy (non-hydrogen) atoms. The fourth-order valence-corrected chi connectivity index (χ4v) is 4.10. The van der Waals surface area contributed by atoms with Crippen molar-refractivity contribution in [2.45, 2.75) is 105 Å². The Kier molecular flexibility index (Phi) is 17.8. The van der Waals surface area contributed by atoms with E-state index in [1.165, 1.54) is 18.2 Å². The normalized spacial score (nSPS) is 13.8. The van der Waals surface area contributed by atoms with E-state index in [2.05, 4.69) is 0 Å². The van der Waals surface area contributed by atoms with E-state index >= 15 is 0 Å². The van der Waals surface area contributed by atoms with Crippen LogP contribution in [0.25, 0.3) is 0 Å². The number of nitrogens with two attached hydrogens (primary N) is 1. The van der Waals surface area contributed by atoms with Crippen LogP contribution in [0.3, 0.4) is 0 Å². The van der Waals surface area contributed by atoms with Crippen LogP contribution in [-0.4, -0.2) is 61.5 Å². The zero-order valence-electron chi connectivity index (χ0n) is 26.3. The van der Waals surface area contributed by atoms with Gasteiger partial charge in [-0.1, -0.05) is 66.4 Å². The van der Waals surface area contributed by atoms with Crippen molar-refractivity contribution in [1.82, 2.24) is 0 Å². The molecule has 244 valence electrons. The first-order valence-electron chi connectivity index (χ1n) is 15.1. The molecule has 0 amide bonds. The number of aliphatic carboxylic acids is 1. The van der Waals surface area contributed by atoms with Crippen molar-refractivity contribution >= 4 is 24.4 Å². The molecule has 12 heteroatoms. The van der Waals surface area contributed by atoms with Crippen molar-refractivity contribution in [3.8, 4) is 11.5 Å². The molecule has 0 fully saturated rings. The zero-order valence-corrected chi connectivity index (χ0v) is 26.3. The van der Waals surface area contributed by atoms with E-state index in [-0.39, 0.29) is 31.3 Å². The largest absolute Gasteiger partial charge is 0.513 e. The van der Waals surface area contributed by atoms with Gasteiger partial charge in [0, 0.05) is 11.8 Å². The summed E-state index contributed by atoms with van der Waals surface area (Å²) in [6.07, 6.45) is 1.89. The fraction of sp³-hybridized carbons (Fsp3) is 0.677. The van der Waals surface area contributed by atoms with Gasteiger partial charge in [0.15, 0.2) is 11.5 Å². The van der Waals surface area contributed by atoms with Crippen LogP contribution in [0.1, 0.15) is 98.0 Å². The second-order valence-electron chi connectivity index (χ2n) is 10.9. The number of ether oxygens (including phenoxy) is 6. The first-order chi connectivity index (χ1) is 20.4. The average Bonchev–Trinajstić information content (AvgIpc) is 2.94. The van der Waals surface area contributed by atoms with Crippen LogP contribution in [0, 0.1) is 11.8 Å². The van der Waals surface area contributed by atoms with E-state index in [4.69, 9.17) is 34.2 Å². The van der Waals surface area contributed by atoms with Gasteiger partial charge in [-0.05, 0) is 49.8 Å². The van der Waals surface area contributed by atoms with Crippen LogP contribution in [-0.2, 0) is 23.7 Å². The molecule has 3 N–H and O–H groups in total. The number of hydrogen-bond donors (Lipinski definition) is 2. The Morgan fingerprint density at radius 1 is 0.767 bits per heavy atom. The molecule has 4 atom stereocenters. The average molecular weight is 612 g/mol. The van der Waals surface area contributed by atoms with Crippen molar-refractivity contribution in [2.75, 3.05) is 19.8 Å². The molecule has 0 aromatic heterocycles. The molecule has 0 aliphatic carbocycles. The molecule has 0 saturated heterocycles. The smallest absolute Gasteiger partial charge is 0.480 e. The van der Waals surface area contributed by atoms with Gasteiger partial charge in [0.25, 0.3) is 0 Å². The van der Waals surface area contributed by atoms with Gasteiger partial charge < -0.3 is 39.3 Å². The molecule has 0 bridgehead atoms. The number of rotatable bonds is 19. The summed E-state index contributed by atoms with van der Waals surface area (Å²) in [4.78, 5) is 49.0. The predicted molar refractivity (Wildman–Crippen MR) is 158 cm³/mol. The lowest BCUT2D eigenvalue weighted by Crippen LogP contribution is -2.42. The SMILES string of the molecule is CCCCCOC(=O)Oc1ccc(C(C(C)C(C)OC(=O)OCCC(C)C)[C@H](N)C(=O)O)cc1OC(=O)OCCCCC. The lowest BCUT2D eigenvalue weighted by atomic mass is 9.79. The monoisotopic (exact) mass is 611 g/mol. The van der Waals surface area contributed by atoms with E-state index in [9.17, 15) is 24.3 Å². The van der Waals surface area contributed by atoms with Crippen LogP contribution >= 0.6 is 0 Å². The predicted octanol–water partition coefficient (Wildman–Crippen LogP) is 6.82. The summed E-state index contributed by atoms with van der Waals surface area (Å²) in [5, 5.41) is 9.80. The number of unbranched alkanes of at least 4 members (excludes halogenated alkanes) is 4. The third kappa shape index (κ3) is 14.5. The fourth-order valence-electron chi connectivity index (χ4n) is 4.10. The molecule has 3 unspecified atom stereocenters. The van der Waals surface area contributed by atoms with Crippen molar-refractivity contribution in [3.05, 3.63) is 23.8 Å². The van der Waals surface area contributed by atoms with Gasteiger partial charge in [-0.15, -0.1) is 0 Å². The standard InChI is InChI=1S/C31H49NO11/c1-7-9-11-16-38-30(36)42-24-14-13-23(19-25(24)43-31(37)39-17-12-10-8-2)26(27(32)28(33)34)21(5)22(6)41-29(35)40-18-15-20(3)4/h13-14,19-22,26-27H,7-12,15-18,32H2,1-6H3,(H,33,34)/t21?,22?,26?,27-/m0/s1. The summed E-state index contributed by atoms with van der Waals surface area (Å²) in [6.45, 7) is 11.8. The van der Waals surface area contributed by atoms with Crippen LogP contribution in [0.2, 0.25) is 0 Å². The third-order valence-corrected chi connectivity index (χ3v) is 6.85. The Morgan fingerprint density at radius 3 is 1.81 bits per heavy atom. The Balaban J connectivity index is 3.27. The highest BCUT2D eigenvalue weighted by atomic mass is 16.7.